The van der Waals surface area contributed by atoms with Gasteiger partial charge < -0.3 is 0 Å². The molecule has 0 spiro atoms. The molecule has 0 aliphatic heterocycles. The Hall–Kier alpha value is -2.81. The maximum Gasteiger partial charge on any atom is 0.294 e. The van der Waals surface area contributed by atoms with Crippen molar-refractivity contribution in [3.8, 4) is 0 Å². The molecule has 0 N–H and O–H groups in total. The maximum atomic E-state index is 15.1. The van der Waals surface area contributed by atoms with Crippen molar-refractivity contribution in [3.05, 3.63) is 89.6 Å². The van der Waals surface area contributed by atoms with E-state index in [2.05, 4.69) is 4.98 Å². The predicted octanol–water partition coefficient (Wildman–Crippen LogP) is 6.03. The summed E-state index contributed by atoms with van der Waals surface area (Å²) in [6.45, 7) is 1.94. The summed E-state index contributed by atoms with van der Waals surface area (Å²) in [6.07, 6.45) is -0.359. The molecule has 0 bridgehead atoms. The highest BCUT2D eigenvalue weighted by Crippen LogP contribution is 2.37. The van der Waals surface area contributed by atoms with Gasteiger partial charge in [0.05, 0.1) is 5.52 Å². The SMILES string of the molecule is Cc1ccc(CC(F)(F)c2nc3ccccc3c3ccccc23)cc1. The first-order valence-corrected chi connectivity index (χ1v) is 8.26. The zero-order valence-corrected chi connectivity index (χ0v) is 13.8. The molecule has 1 heterocycles. The van der Waals surface area contributed by atoms with E-state index in [1.165, 1.54) is 0 Å². The molecule has 0 atom stereocenters. The molecule has 0 saturated heterocycles. The molecular formula is C22H17F2N. The quantitative estimate of drug-likeness (QED) is 0.417. The van der Waals surface area contributed by atoms with E-state index in [4.69, 9.17) is 0 Å². The summed E-state index contributed by atoms with van der Waals surface area (Å²) in [5, 5.41) is 2.22. The van der Waals surface area contributed by atoms with Gasteiger partial charge in [0, 0.05) is 17.2 Å². The number of rotatable bonds is 3. The number of aryl methyl sites for hydroxylation is 1. The van der Waals surface area contributed by atoms with Crippen molar-refractivity contribution < 1.29 is 8.78 Å². The second-order valence-corrected chi connectivity index (χ2v) is 6.39. The molecule has 4 rings (SSSR count). The van der Waals surface area contributed by atoms with Crippen LogP contribution in [0.15, 0.2) is 72.8 Å². The fraction of sp³-hybridized carbons (Fsp3) is 0.136. The highest BCUT2D eigenvalue weighted by molar-refractivity contribution is 6.06. The molecular weight excluding hydrogens is 316 g/mol. The lowest BCUT2D eigenvalue weighted by Crippen LogP contribution is -2.19. The number of hydrogen-bond acceptors (Lipinski definition) is 1. The van der Waals surface area contributed by atoms with E-state index in [9.17, 15) is 0 Å². The largest absolute Gasteiger partial charge is 0.294 e. The number of benzene rings is 3. The third kappa shape index (κ3) is 2.86. The maximum absolute atomic E-state index is 15.1. The van der Waals surface area contributed by atoms with Crippen molar-refractivity contribution >= 4 is 21.7 Å². The Balaban J connectivity index is 1.90. The minimum Gasteiger partial charge on any atom is -0.246 e. The van der Waals surface area contributed by atoms with Crippen LogP contribution in [0.25, 0.3) is 21.7 Å². The molecule has 0 fully saturated rings. The van der Waals surface area contributed by atoms with Crippen LogP contribution in [0, 0.1) is 6.92 Å². The van der Waals surface area contributed by atoms with Crippen LogP contribution in [0.2, 0.25) is 0 Å². The molecule has 0 saturated carbocycles. The Morgan fingerprint density at radius 1 is 0.760 bits per heavy atom. The minimum atomic E-state index is -3.04. The van der Waals surface area contributed by atoms with Crippen molar-refractivity contribution in [3.63, 3.8) is 0 Å². The zero-order valence-electron chi connectivity index (χ0n) is 13.8. The Bertz CT molecular complexity index is 1050. The molecule has 124 valence electrons. The van der Waals surface area contributed by atoms with Gasteiger partial charge in [-0.2, -0.15) is 8.78 Å². The second-order valence-electron chi connectivity index (χ2n) is 6.39. The zero-order chi connectivity index (χ0) is 17.4. The van der Waals surface area contributed by atoms with Crippen LogP contribution < -0.4 is 0 Å². The number of nitrogens with zero attached hydrogens (tertiary/aromatic N) is 1. The Morgan fingerprint density at radius 2 is 1.36 bits per heavy atom. The van der Waals surface area contributed by atoms with Gasteiger partial charge in [0.2, 0.25) is 0 Å². The Kier molecular flexibility index (Phi) is 3.72. The van der Waals surface area contributed by atoms with Gasteiger partial charge in [-0.3, -0.25) is 0 Å². The normalized spacial score (nSPS) is 12.0. The molecule has 4 aromatic rings. The minimum absolute atomic E-state index is 0.151. The van der Waals surface area contributed by atoms with Crippen molar-refractivity contribution in [2.45, 2.75) is 19.3 Å². The summed E-state index contributed by atoms with van der Waals surface area (Å²) in [4.78, 5) is 4.34. The van der Waals surface area contributed by atoms with E-state index < -0.39 is 5.92 Å². The van der Waals surface area contributed by atoms with Gasteiger partial charge in [0.25, 0.3) is 5.92 Å². The summed E-state index contributed by atoms with van der Waals surface area (Å²) in [5.74, 6) is -3.04. The van der Waals surface area contributed by atoms with Gasteiger partial charge in [0.15, 0.2) is 0 Å². The first kappa shape index (κ1) is 15.7. The number of para-hydroxylation sites is 1. The van der Waals surface area contributed by atoms with E-state index in [1.807, 2.05) is 49.4 Å². The number of halogens is 2. The van der Waals surface area contributed by atoms with Crippen LogP contribution >= 0.6 is 0 Å². The van der Waals surface area contributed by atoms with Gasteiger partial charge in [-0.1, -0.05) is 72.3 Å². The van der Waals surface area contributed by atoms with Gasteiger partial charge in [-0.25, -0.2) is 4.98 Å². The smallest absolute Gasteiger partial charge is 0.246 e. The summed E-state index contributed by atoms with van der Waals surface area (Å²) in [7, 11) is 0. The number of aromatic nitrogens is 1. The predicted molar refractivity (Wildman–Crippen MR) is 98.0 cm³/mol. The third-order valence-electron chi connectivity index (χ3n) is 4.50. The summed E-state index contributed by atoms with van der Waals surface area (Å²) in [5.41, 5.74) is 2.11. The fourth-order valence-electron chi connectivity index (χ4n) is 3.23. The average molecular weight is 333 g/mol. The van der Waals surface area contributed by atoms with Gasteiger partial charge in [-0.05, 0) is 23.9 Å². The Labute approximate surface area is 144 Å². The van der Waals surface area contributed by atoms with Crippen LogP contribution in [0.4, 0.5) is 8.78 Å². The summed E-state index contributed by atoms with van der Waals surface area (Å²) >= 11 is 0. The molecule has 0 aliphatic rings. The molecule has 1 aromatic heterocycles. The molecule has 3 heteroatoms. The van der Waals surface area contributed by atoms with E-state index in [0.29, 0.717) is 16.5 Å². The third-order valence-corrected chi connectivity index (χ3v) is 4.50. The van der Waals surface area contributed by atoms with E-state index in [0.717, 1.165) is 16.3 Å². The highest BCUT2D eigenvalue weighted by atomic mass is 19.3. The number of pyridine rings is 1. The van der Waals surface area contributed by atoms with Gasteiger partial charge >= 0.3 is 0 Å². The fourth-order valence-corrected chi connectivity index (χ4v) is 3.23. The van der Waals surface area contributed by atoms with Crippen molar-refractivity contribution in [2.75, 3.05) is 0 Å². The van der Waals surface area contributed by atoms with Crippen molar-refractivity contribution in [1.29, 1.82) is 0 Å². The van der Waals surface area contributed by atoms with E-state index >= 15 is 8.78 Å². The van der Waals surface area contributed by atoms with Crippen LogP contribution in [-0.4, -0.2) is 4.98 Å². The molecule has 0 radical (unpaired) electrons. The van der Waals surface area contributed by atoms with Gasteiger partial charge in [0.1, 0.15) is 5.69 Å². The molecule has 3 aromatic carbocycles. The summed E-state index contributed by atoms with van der Waals surface area (Å²) in [6, 6.07) is 21.9. The highest BCUT2D eigenvalue weighted by Gasteiger charge is 2.35. The molecule has 0 amide bonds. The van der Waals surface area contributed by atoms with E-state index in [-0.39, 0.29) is 12.1 Å². The lowest BCUT2D eigenvalue weighted by molar-refractivity contribution is -0.00635. The number of alkyl halides is 2. The van der Waals surface area contributed by atoms with Crippen LogP contribution in [0.3, 0.4) is 0 Å². The molecule has 1 nitrogen and oxygen atoms in total. The van der Waals surface area contributed by atoms with Crippen molar-refractivity contribution in [1.82, 2.24) is 4.98 Å². The topological polar surface area (TPSA) is 12.9 Å². The molecule has 25 heavy (non-hydrogen) atoms. The number of fused-ring (bicyclic) bond motifs is 3. The second kappa shape index (κ2) is 5.92. The van der Waals surface area contributed by atoms with Crippen LogP contribution in [0.1, 0.15) is 16.8 Å². The first-order valence-electron chi connectivity index (χ1n) is 8.26. The van der Waals surface area contributed by atoms with Gasteiger partial charge in [-0.15, -0.1) is 0 Å². The first-order chi connectivity index (χ1) is 12.0. The van der Waals surface area contributed by atoms with E-state index in [1.54, 1.807) is 30.3 Å². The van der Waals surface area contributed by atoms with Crippen molar-refractivity contribution in [2.24, 2.45) is 0 Å². The lowest BCUT2D eigenvalue weighted by Gasteiger charge is -2.19. The van der Waals surface area contributed by atoms with Crippen LogP contribution in [0.5, 0.6) is 0 Å². The monoisotopic (exact) mass is 333 g/mol. The summed E-state index contributed by atoms with van der Waals surface area (Å²) < 4.78 is 30.3. The lowest BCUT2D eigenvalue weighted by atomic mass is 9.97. The molecule has 0 unspecified atom stereocenters. The molecule has 0 aliphatic carbocycles. The average Bonchev–Trinajstić information content (AvgIpc) is 2.63. The number of hydrogen-bond donors (Lipinski definition) is 0. The van der Waals surface area contributed by atoms with Crippen LogP contribution in [-0.2, 0) is 12.3 Å². The Morgan fingerprint density at radius 3 is 2.08 bits per heavy atom. The standard InChI is InChI=1S/C22H17F2N/c1-15-10-12-16(13-11-15)14-22(23,24)21-19-8-3-2-6-17(19)18-7-4-5-9-20(18)25-21/h2-13H,14H2,1H3.